The van der Waals surface area contributed by atoms with Gasteiger partial charge in [-0.1, -0.05) is 12.8 Å². The second kappa shape index (κ2) is 8.76. The number of halogens is 6. The summed E-state index contributed by atoms with van der Waals surface area (Å²) in [4.78, 5) is 26.1. The third-order valence-electron chi connectivity index (χ3n) is 5.75. The largest absolute Gasteiger partial charge is 0.416 e. The predicted molar refractivity (Wildman–Crippen MR) is 108 cm³/mol. The molecule has 2 aromatic carbocycles. The normalized spacial score (nSPS) is 20.0. The highest BCUT2D eigenvalue weighted by Gasteiger charge is 2.37. The molecular weight excluding hydrogens is 440 g/mol. The van der Waals surface area contributed by atoms with Gasteiger partial charge in [0.2, 0.25) is 0 Å². The molecule has 3 rings (SSSR count). The average molecular weight is 463 g/mol. The summed E-state index contributed by atoms with van der Waals surface area (Å²) in [5, 5.41) is 5.62. The summed E-state index contributed by atoms with van der Waals surface area (Å²) in [6.07, 6.45) is -6.31. The maximum atomic E-state index is 13.0. The van der Waals surface area contributed by atoms with E-state index in [-0.39, 0.29) is 35.1 Å². The highest BCUT2D eigenvalue weighted by molar-refractivity contribution is 5.74. The second-order valence-corrected chi connectivity index (χ2v) is 8.24. The number of nitrogens with zero attached hydrogens (tertiary/aromatic N) is 1. The molecule has 0 aliphatic heterocycles. The van der Waals surface area contributed by atoms with Crippen molar-refractivity contribution in [3.8, 4) is 0 Å². The average Bonchev–Trinajstić information content (AvgIpc) is 2.71. The molecule has 176 valence electrons. The highest BCUT2D eigenvalue weighted by Crippen LogP contribution is 2.36. The van der Waals surface area contributed by atoms with E-state index in [0.717, 1.165) is 25.7 Å². The Balaban J connectivity index is 1.82. The lowest BCUT2D eigenvalue weighted by Crippen LogP contribution is -2.48. The molecule has 0 spiro atoms. The molecule has 1 aliphatic rings. The monoisotopic (exact) mass is 463 g/mol. The van der Waals surface area contributed by atoms with Crippen LogP contribution in [0.15, 0.2) is 27.8 Å². The van der Waals surface area contributed by atoms with Crippen molar-refractivity contribution < 1.29 is 26.3 Å². The Morgan fingerprint density at radius 3 is 1.94 bits per heavy atom. The first-order chi connectivity index (χ1) is 14.8. The van der Waals surface area contributed by atoms with Gasteiger partial charge in [0.1, 0.15) is 11.4 Å². The number of anilines is 2. The van der Waals surface area contributed by atoms with Gasteiger partial charge in [-0.2, -0.15) is 26.3 Å². The summed E-state index contributed by atoms with van der Waals surface area (Å²) >= 11 is 0. The zero-order valence-electron chi connectivity index (χ0n) is 17.5. The van der Waals surface area contributed by atoms with Crippen LogP contribution < -0.4 is 21.5 Å². The quantitative estimate of drug-likeness (QED) is 0.496. The van der Waals surface area contributed by atoms with Crippen LogP contribution in [0.4, 0.5) is 37.7 Å². The van der Waals surface area contributed by atoms with Crippen LogP contribution in [0.25, 0.3) is 0 Å². The number of hydrogen-bond donors (Lipinski definition) is 2. The molecule has 2 atom stereocenters. The standard InChI is InChI=1S/C21H23F6N3O2/c1-30(2)15-6-4-3-5-14(15)29-17-16(18(31)19(17)32)28-10-11-7-12(20(22,23)24)9-13(8-11)21(25,26)27/h7-9,14-15,28-29H,3-6,10H2,1-2H3/t14-,15-/m1/s1. The Morgan fingerprint density at radius 1 is 0.875 bits per heavy atom. The first-order valence-electron chi connectivity index (χ1n) is 10.1. The van der Waals surface area contributed by atoms with Crippen molar-refractivity contribution in [1.29, 1.82) is 0 Å². The third-order valence-corrected chi connectivity index (χ3v) is 5.75. The van der Waals surface area contributed by atoms with E-state index in [1.807, 2.05) is 19.0 Å². The molecule has 32 heavy (non-hydrogen) atoms. The molecule has 1 saturated carbocycles. The van der Waals surface area contributed by atoms with E-state index in [1.165, 1.54) is 0 Å². The van der Waals surface area contributed by atoms with Crippen molar-refractivity contribution in [2.45, 2.75) is 56.7 Å². The summed E-state index contributed by atoms with van der Waals surface area (Å²) in [5.74, 6) is 0. The van der Waals surface area contributed by atoms with E-state index in [1.54, 1.807) is 0 Å². The summed E-state index contributed by atoms with van der Waals surface area (Å²) in [7, 11) is 3.80. The smallest absolute Gasteiger partial charge is 0.376 e. The number of likely N-dealkylation sites (N-methyl/N-ethyl adjacent to an activating group) is 1. The highest BCUT2D eigenvalue weighted by atomic mass is 19.4. The lowest BCUT2D eigenvalue weighted by molar-refractivity contribution is -0.143. The van der Waals surface area contributed by atoms with Crippen LogP contribution in [-0.2, 0) is 18.9 Å². The molecule has 5 nitrogen and oxygen atoms in total. The van der Waals surface area contributed by atoms with Crippen LogP contribution in [0.3, 0.4) is 0 Å². The van der Waals surface area contributed by atoms with Gasteiger partial charge in [-0.05, 0) is 50.7 Å². The van der Waals surface area contributed by atoms with Gasteiger partial charge in [0, 0.05) is 18.6 Å². The van der Waals surface area contributed by atoms with Crippen LogP contribution in [0.1, 0.15) is 42.4 Å². The molecule has 1 fully saturated rings. The lowest BCUT2D eigenvalue weighted by atomic mass is 9.89. The van der Waals surface area contributed by atoms with Crippen LogP contribution >= 0.6 is 0 Å². The number of nitrogens with one attached hydrogen (secondary N) is 2. The van der Waals surface area contributed by atoms with Crippen LogP contribution in [0.5, 0.6) is 0 Å². The van der Waals surface area contributed by atoms with Crippen molar-refractivity contribution in [2.75, 3.05) is 24.7 Å². The maximum Gasteiger partial charge on any atom is 0.416 e. The molecule has 0 unspecified atom stereocenters. The van der Waals surface area contributed by atoms with E-state index < -0.39 is 40.9 Å². The minimum absolute atomic E-state index is 0.0248. The number of alkyl halides is 6. The Hall–Kier alpha value is -2.56. The molecule has 0 saturated heterocycles. The Bertz CT molecular complexity index is 1010. The van der Waals surface area contributed by atoms with E-state index in [4.69, 9.17) is 0 Å². The van der Waals surface area contributed by atoms with Gasteiger partial charge >= 0.3 is 12.4 Å². The fourth-order valence-corrected chi connectivity index (χ4v) is 4.09. The molecule has 2 N–H and O–H groups in total. The summed E-state index contributed by atoms with van der Waals surface area (Å²) in [6, 6.07) is 1.23. The predicted octanol–water partition coefficient (Wildman–Crippen LogP) is 4.22. The van der Waals surface area contributed by atoms with Crippen LogP contribution in [0.2, 0.25) is 0 Å². The molecule has 0 heterocycles. The van der Waals surface area contributed by atoms with Gasteiger partial charge in [-0.25, -0.2) is 0 Å². The summed E-state index contributed by atoms with van der Waals surface area (Å²) in [5.41, 5.74) is -4.90. The zero-order valence-corrected chi connectivity index (χ0v) is 17.5. The van der Waals surface area contributed by atoms with Crippen LogP contribution in [-0.4, -0.2) is 31.1 Å². The Labute approximate surface area is 180 Å². The van der Waals surface area contributed by atoms with Crippen molar-refractivity contribution in [2.24, 2.45) is 0 Å². The third kappa shape index (κ3) is 5.08. The topological polar surface area (TPSA) is 61.4 Å². The zero-order chi connectivity index (χ0) is 23.8. The van der Waals surface area contributed by atoms with Gasteiger partial charge < -0.3 is 15.5 Å². The van der Waals surface area contributed by atoms with E-state index in [0.29, 0.717) is 12.1 Å². The summed E-state index contributed by atoms with van der Waals surface area (Å²) in [6.45, 7) is -0.478. The van der Waals surface area contributed by atoms with E-state index in [2.05, 4.69) is 10.6 Å². The van der Waals surface area contributed by atoms with Gasteiger partial charge in [-0.3, -0.25) is 9.59 Å². The van der Waals surface area contributed by atoms with Crippen molar-refractivity contribution in [3.05, 3.63) is 55.3 Å². The molecule has 1 aliphatic carbocycles. The second-order valence-electron chi connectivity index (χ2n) is 8.24. The molecular formula is C21H23F6N3O2. The minimum atomic E-state index is -4.97. The molecule has 0 radical (unpaired) electrons. The number of rotatable bonds is 6. The fraction of sp³-hybridized carbons (Fsp3) is 0.524. The molecule has 0 amide bonds. The molecule has 0 aromatic heterocycles. The Kier molecular flexibility index (Phi) is 6.60. The molecule has 0 bridgehead atoms. The van der Waals surface area contributed by atoms with Gasteiger partial charge in [0.15, 0.2) is 0 Å². The lowest BCUT2D eigenvalue weighted by Gasteiger charge is -2.37. The minimum Gasteiger partial charge on any atom is -0.376 e. The SMILES string of the molecule is CN(C)[C@@H]1CCCC[C@H]1Nc1c(NCc2cc(C(F)(F)F)cc(C(F)(F)F)c2)c(=O)c1=O. The van der Waals surface area contributed by atoms with Gasteiger partial charge in [0.05, 0.1) is 11.1 Å². The number of hydrogen-bond acceptors (Lipinski definition) is 5. The van der Waals surface area contributed by atoms with E-state index in [9.17, 15) is 35.9 Å². The van der Waals surface area contributed by atoms with Crippen molar-refractivity contribution in [3.63, 3.8) is 0 Å². The maximum absolute atomic E-state index is 13.0. The van der Waals surface area contributed by atoms with Crippen LogP contribution in [0, 0.1) is 0 Å². The summed E-state index contributed by atoms with van der Waals surface area (Å²) < 4.78 is 78.2. The number of benzene rings is 1. The molecule has 11 heteroatoms. The van der Waals surface area contributed by atoms with Gasteiger partial charge in [0.25, 0.3) is 10.9 Å². The van der Waals surface area contributed by atoms with Crippen molar-refractivity contribution in [1.82, 2.24) is 4.90 Å². The van der Waals surface area contributed by atoms with E-state index >= 15 is 0 Å². The first-order valence-corrected chi connectivity index (χ1v) is 10.1. The first kappa shape index (κ1) is 24.1. The fourth-order valence-electron chi connectivity index (χ4n) is 4.09. The van der Waals surface area contributed by atoms with Gasteiger partial charge in [-0.15, -0.1) is 0 Å². The Morgan fingerprint density at radius 2 is 1.41 bits per heavy atom. The van der Waals surface area contributed by atoms with Crippen molar-refractivity contribution >= 4 is 11.4 Å². The molecule has 2 aromatic rings.